The van der Waals surface area contributed by atoms with Gasteiger partial charge in [-0.15, -0.1) is 0 Å². The molecule has 4 rings (SSSR count). The largest absolute Gasteiger partial charge is 0.289 e. The molecule has 3 heteroatoms. The molecule has 0 bridgehead atoms. The number of hydrogen-bond acceptors (Lipinski definition) is 2. The molecule has 138 valence electrons. The van der Waals surface area contributed by atoms with Crippen LogP contribution in [0.3, 0.4) is 0 Å². The fourth-order valence-corrected chi connectivity index (χ4v) is 3.79. The van der Waals surface area contributed by atoms with E-state index >= 15 is 0 Å². The van der Waals surface area contributed by atoms with Crippen LogP contribution in [0.1, 0.15) is 22.6 Å². The van der Waals surface area contributed by atoms with Gasteiger partial charge in [-0.05, 0) is 51.6 Å². The number of carbonyl (C=O) groups excluding carboxylic acids is 1. The lowest BCUT2D eigenvalue weighted by molar-refractivity contribution is -0.129. The number of amides is 1. The average Bonchev–Trinajstić information content (AvgIpc) is 2.75. The van der Waals surface area contributed by atoms with Crippen LogP contribution in [-0.2, 0) is 4.79 Å². The van der Waals surface area contributed by atoms with Crippen LogP contribution in [0.2, 0.25) is 0 Å². The smallest absolute Gasteiger partial charge is 0.255 e. The molecule has 0 heterocycles. The van der Waals surface area contributed by atoms with Crippen molar-refractivity contribution in [1.29, 1.82) is 0 Å². The summed E-state index contributed by atoms with van der Waals surface area (Å²) in [5.74, 6) is -1.03. The normalized spacial score (nSPS) is 11.9. The lowest BCUT2D eigenvalue weighted by atomic mass is 9.88. The molecular weight excluding hydrogens is 346 g/mol. The minimum absolute atomic E-state index is 0.447. The van der Waals surface area contributed by atoms with Crippen molar-refractivity contribution in [3.05, 3.63) is 108 Å². The van der Waals surface area contributed by atoms with Crippen molar-refractivity contribution in [2.45, 2.75) is 12.8 Å². The number of hydrogen-bond donors (Lipinski definition) is 2. The maximum Gasteiger partial charge on any atom is 0.255 e. The summed E-state index contributed by atoms with van der Waals surface area (Å²) in [6.07, 6.45) is 0. The second kappa shape index (κ2) is 7.67. The molecule has 1 unspecified atom stereocenters. The van der Waals surface area contributed by atoms with Crippen molar-refractivity contribution in [1.82, 2.24) is 5.48 Å². The maximum absolute atomic E-state index is 12.5. The van der Waals surface area contributed by atoms with Crippen LogP contribution in [0.5, 0.6) is 0 Å². The van der Waals surface area contributed by atoms with E-state index in [1.807, 2.05) is 66.1 Å². The number of rotatable bonds is 4. The molecule has 0 aliphatic heterocycles. The van der Waals surface area contributed by atoms with Crippen LogP contribution >= 0.6 is 0 Å². The minimum atomic E-state index is -0.581. The van der Waals surface area contributed by atoms with Gasteiger partial charge in [-0.25, -0.2) is 5.48 Å². The van der Waals surface area contributed by atoms with Crippen LogP contribution in [0.25, 0.3) is 21.9 Å². The molecule has 1 amide bonds. The van der Waals surface area contributed by atoms with Crippen LogP contribution in [-0.4, -0.2) is 11.1 Å². The van der Waals surface area contributed by atoms with Gasteiger partial charge in [0.05, 0.1) is 5.92 Å². The molecular formula is C25H21NO2. The molecule has 0 aromatic heterocycles. The first kappa shape index (κ1) is 18.0. The minimum Gasteiger partial charge on any atom is -0.289 e. The standard InChI is InChI=1S/C25H21NO2/c1-17-14-15-22(23-13-6-5-12-21(17)23)19-10-7-11-20(16-19)24(25(27)26-28)18-8-3-2-4-9-18/h2-16,24,28H,1H3,(H,26,27). The van der Waals surface area contributed by atoms with Gasteiger partial charge in [-0.2, -0.15) is 0 Å². The van der Waals surface area contributed by atoms with E-state index in [1.54, 1.807) is 0 Å². The highest BCUT2D eigenvalue weighted by atomic mass is 16.5. The predicted molar refractivity (Wildman–Crippen MR) is 112 cm³/mol. The zero-order valence-corrected chi connectivity index (χ0v) is 15.6. The molecule has 0 aliphatic carbocycles. The fourth-order valence-electron chi connectivity index (χ4n) is 3.79. The second-order valence-corrected chi connectivity index (χ2v) is 6.92. The fraction of sp³-hybridized carbons (Fsp3) is 0.0800. The van der Waals surface area contributed by atoms with Crippen molar-refractivity contribution in [2.24, 2.45) is 0 Å². The molecule has 4 aromatic rings. The Morgan fingerprint density at radius 1 is 0.786 bits per heavy atom. The van der Waals surface area contributed by atoms with E-state index in [9.17, 15) is 10.0 Å². The van der Waals surface area contributed by atoms with Gasteiger partial charge >= 0.3 is 0 Å². The van der Waals surface area contributed by atoms with Crippen molar-refractivity contribution >= 4 is 16.7 Å². The van der Waals surface area contributed by atoms with E-state index in [0.29, 0.717) is 0 Å². The predicted octanol–water partition coefficient (Wildman–Crippen LogP) is 5.45. The molecule has 2 N–H and O–H groups in total. The van der Waals surface area contributed by atoms with Crippen LogP contribution < -0.4 is 5.48 Å². The number of nitrogens with one attached hydrogen (secondary N) is 1. The summed E-state index contributed by atoms with van der Waals surface area (Å²) in [7, 11) is 0. The number of carbonyl (C=O) groups is 1. The van der Waals surface area contributed by atoms with Crippen LogP contribution in [0.4, 0.5) is 0 Å². The number of aryl methyl sites for hydroxylation is 1. The van der Waals surface area contributed by atoms with Gasteiger partial charge < -0.3 is 0 Å². The Kier molecular flexibility index (Phi) is 4.92. The molecule has 3 nitrogen and oxygen atoms in total. The van der Waals surface area contributed by atoms with Gasteiger partial charge in [0.2, 0.25) is 0 Å². The Morgan fingerprint density at radius 3 is 2.21 bits per heavy atom. The van der Waals surface area contributed by atoms with E-state index in [4.69, 9.17) is 0 Å². The summed E-state index contributed by atoms with van der Waals surface area (Å²) in [5.41, 5.74) is 6.89. The Hall–Kier alpha value is -3.43. The first-order valence-electron chi connectivity index (χ1n) is 9.26. The number of fused-ring (bicyclic) bond motifs is 1. The Morgan fingerprint density at radius 2 is 1.46 bits per heavy atom. The molecule has 1 atom stereocenters. The van der Waals surface area contributed by atoms with Gasteiger partial charge in [-0.3, -0.25) is 10.0 Å². The lowest BCUT2D eigenvalue weighted by Gasteiger charge is -2.17. The maximum atomic E-state index is 12.5. The van der Waals surface area contributed by atoms with E-state index in [0.717, 1.165) is 22.3 Å². The SMILES string of the molecule is Cc1ccc(-c2cccc(C(C(=O)NO)c3ccccc3)c2)c2ccccc12. The Labute approximate surface area is 164 Å². The third kappa shape index (κ3) is 3.28. The third-order valence-corrected chi connectivity index (χ3v) is 5.18. The van der Waals surface area contributed by atoms with Crippen molar-refractivity contribution in [3.63, 3.8) is 0 Å². The van der Waals surface area contributed by atoms with Crippen molar-refractivity contribution in [3.8, 4) is 11.1 Å². The van der Waals surface area contributed by atoms with Gasteiger partial charge in [0.1, 0.15) is 0 Å². The monoisotopic (exact) mass is 367 g/mol. The molecule has 0 spiro atoms. The van der Waals surface area contributed by atoms with Gasteiger partial charge in [0.15, 0.2) is 0 Å². The second-order valence-electron chi connectivity index (χ2n) is 6.92. The summed E-state index contributed by atoms with van der Waals surface area (Å²) in [6, 6.07) is 30.1. The van der Waals surface area contributed by atoms with E-state index < -0.39 is 11.8 Å². The van der Waals surface area contributed by atoms with Crippen LogP contribution in [0, 0.1) is 6.92 Å². The summed E-state index contributed by atoms with van der Waals surface area (Å²) in [4.78, 5) is 12.5. The highest BCUT2D eigenvalue weighted by Gasteiger charge is 2.22. The summed E-state index contributed by atoms with van der Waals surface area (Å²) in [5, 5.41) is 11.7. The zero-order valence-electron chi connectivity index (χ0n) is 15.6. The molecule has 28 heavy (non-hydrogen) atoms. The first-order chi connectivity index (χ1) is 13.7. The Balaban J connectivity index is 1.86. The van der Waals surface area contributed by atoms with E-state index in [1.165, 1.54) is 16.3 Å². The number of hydroxylamine groups is 1. The third-order valence-electron chi connectivity index (χ3n) is 5.18. The average molecular weight is 367 g/mol. The van der Waals surface area contributed by atoms with E-state index in [2.05, 4.69) is 37.3 Å². The Bertz CT molecular complexity index is 1140. The first-order valence-corrected chi connectivity index (χ1v) is 9.26. The highest BCUT2D eigenvalue weighted by Crippen LogP contribution is 2.33. The number of benzene rings is 4. The van der Waals surface area contributed by atoms with Crippen molar-refractivity contribution < 1.29 is 10.0 Å². The van der Waals surface area contributed by atoms with Crippen LogP contribution in [0.15, 0.2) is 91.0 Å². The molecule has 4 aromatic carbocycles. The summed E-state index contributed by atoms with van der Waals surface area (Å²) >= 11 is 0. The highest BCUT2D eigenvalue weighted by molar-refractivity contribution is 5.98. The van der Waals surface area contributed by atoms with Gasteiger partial charge in [0.25, 0.3) is 5.91 Å². The lowest BCUT2D eigenvalue weighted by Crippen LogP contribution is -2.27. The summed E-state index contributed by atoms with van der Waals surface area (Å²) < 4.78 is 0. The van der Waals surface area contributed by atoms with E-state index in [-0.39, 0.29) is 0 Å². The molecule has 0 saturated carbocycles. The summed E-state index contributed by atoms with van der Waals surface area (Å²) in [6.45, 7) is 2.11. The topological polar surface area (TPSA) is 49.3 Å². The zero-order chi connectivity index (χ0) is 19.5. The molecule has 0 radical (unpaired) electrons. The molecule has 0 saturated heterocycles. The van der Waals surface area contributed by atoms with Gasteiger partial charge in [-0.1, -0.05) is 84.9 Å². The molecule has 0 aliphatic rings. The quantitative estimate of drug-likeness (QED) is 0.372. The molecule has 0 fully saturated rings. The van der Waals surface area contributed by atoms with Gasteiger partial charge in [0, 0.05) is 0 Å². The van der Waals surface area contributed by atoms with Crippen molar-refractivity contribution in [2.75, 3.05) is 0 Å².